The molecule has 14 nitrogen and oxygen atoms in total. The van der Waals surface area contributed by atoms with Gasteiger partial charge in [-0.3, -0.25) is 0 Å². The maximum atomic E-state index is 13.9. The quantitative estimate of drug-likeness (QED) is 0.0265. The van der Waals surface area contributed by atoms with Crippen LogP contribution in [-0.4, -0.2) is 93.5 Å². The number of methoxy groups -OCH3 is 2. The predicted octanol–water partition coefficient (Wildman–Crippen LogP) is 36.5. The van der Waals surface area contributed by atoms with E-state index in [2.05, 4.69) is 48.5 Å². The van der Waals surface area contributed by atoms with E-state index < -0.39 is 81.4 Å². The van der Waals surface area contributed by atoms with E-state index in [0.717, 1.165) is 193 Å². The lowest BCUT2D eigenvalue weighted by molar-refractivity contribution is 0.268. The van der Waals surface area contributed by atoms with Crippen LogP contribution in [0.25, 0.3) is 0 Å². The molecular formula is C114H172F14O14. The molecule has 0 aromatic heterocycles. The number of rotatable bonds is 72. The maximum absolute atomic E-state index is 13.9. The third kappa shape index (κ3) is 57.5. The number of benzene rings is 7. The van der Waals surface area contributed by atoms with Gasteiger partial charge < -0.3 is 66.3 Å². The van der Waals surface area contributed by atoms with E-state index in [-0.39, 0.29) is 80.5 Å². The summed E-state index contributed by atoms with van der Waals surface area (Å²) >= 11 is 0. The minimum Gasteiger partial charge on any atom is -0.494 e. The van der Waals surface area contributed by atoms with E-state index in [0.29, 0.717) is 79.3 Å². The Morgan fingerprint density at radius 1 is 0.120 bits per heavy atom. The van der Waals surface area contributed by atoms with E-state index in [1.807, 2.05) is 34.6 Å². The Morgan fingerprint density at radius 2 is 0.218 bits per heavy atom. The molecular weight excluding hydrogens is 1860 g/mol. The topological polar surface area (TPSA) is 129 Å². The summed E-state index contributed by atoms with van der Waals surface area (Å²) < 4.78 is 264. The van der Waals surface area contributed by atoms with Gasteiger partial charge in [0.2, 0.25) is 81.4 Å². The predicted molar refractivity (Wildman–Crippen MR) is 544 cm³/mol. The second kappa shape index (κ2) is 87.2. The van der Waals surface area contributed by atoms with Crippen molar-refractivity contribution >= 4 is 0 Å². The zero-order valence-corrected chi connectivity index (χ0v) is 88.1. The van der Waals surface area contributed by atoms with Crippen LogP contribution in [0.3, 0.4) is 0 Å². The molecule has 7 aromatic carbocycles. The molecule has 0 saturated carbocycles. The Balaban J connectivity index is 0.000000829. The van der Waals surface area contributed by atoms with Gasteiger partial charge in [-0.25, -0.2) is 0 Å². The molecule has 7 aromatic rings. The third-order valence-electron chi connectivity index (χ3n) is 22.0. The van der Waals surface area contributed by atoms with Gasteiger partial charge in [0, 0.05) is 0 Å². The molecule has 28 heteroatoms. The highest BCUT2D eigenvalue weighted by molar-refractivity contribution is 5.40. The summed E-state index contributed by atoms with van der Waals surface area (Å²) in [6, 6.07) is 19.8. The molecule has 810 valence electrons. The molecule has 0 atom stereocenters. The number of hydrogen-bond donors (Lipinski definition) is 0. The van der Waals surface area contributed by atoms with Gasteiger partial charge in [-0.15, -0.1) is 0 Å². The monoisotopic (exact) mass is 2030 g/mol. The van der Waals surface area contributed by atoms with Crippen LogP contribution in [0.15, 0.2) is 84.9 Å². The molecule has 0 aliphatic heterocycles. The lowest BCUT2D eigenvalue weighted by Gasteiger charge is -2.11. The lowest BCUT2D eigenvalue weighted by atomic mass is 10.1. The smallest absolute Gasteiger partial charge is 0.204 e. The number of ether oxygens (including phenoxy) is 14. The first kappa shape index (κ1) is 131. The van der Waals surface area contributed by atoms with Crippen molar-refractivity contribution in [1.82, 2.24) is 0 Å². The second-order valence-corrected chi connectivity index (χ2v) is 34.4. The summed E-state index contributed by atoms with van der Waals surface area (Å²) in [5.74, 6) is -14.3. The fraction of sp³-hybridized carbons (Fsp3) is 0.632. The Hall–Kier alpha value is -9.24. The van der Waals surface area contributed by atoms with Crippen molar-refractivity contribution in [3.63, 3.8) is 0 Å². The van der Waals surface area contributed by atoms with E-state index >= 15 is 0 Å². The van der Waals surface area contributed by atoms with Crippen molar-refractivity contribution in [1.29, 1.82) is 0 Å². The van der Waals surface area contributed by atoms with Crippen LogP contribution >= 0.6 is 0 Å². The molecule has 142 heavy (non-hydrogen) atoms. The van der Waals surface area contributed by atoms with Crippen molar-refractivity contribution in [2.45, 2.75) is 378 Å². The van der Waals surface area contributed by atoms with Crippen LogP contribution < -0.4 is 66.3 Å². The van der Waals surface area contributed by atoms with Gasteiger partial charge in [-0.1, -0.05) is 301 Å². The van der Waals surface area contributed by atoms with Gasteiger partial charge >= 0.3 is 0 Å². The minimum atomic E-state index is -0.997. The molecule has 0 aliphatic carbocycles. The molecule has 0 radical (unpaired) electrons. The standard InChI is InChI=1S/C18H28F2O2.2C17H26F2O2.2C16H24F2O2.2C15H22F2O2/c1-3-5-7-8-9-10-14-22-16-12-11-15(17(19)18(16)20)21-13-6-4-2;1-3-5-6-7-8-9-13-21-15-11-10-14(20-12-4-2)16(18)17(15)19;1-3-5-7-8-9-13-21-15-11-10-14(16(18)17(15)19)20-12-6-4-2;1-3-4-5-6-7-8-9-12-20-14-11-10-13(19-2)15(17)16(14)18;1-3-5-7-8-12-20-14-10-9-13(15(17)16(14)18)19-11-6-4-2;1-3-4-5-6-7-8-11-19-13-10-9-12(18-2)14(16)15(13)17;1-3-5-7-11-19-13-9-8-12(14(16)15(13)17)18-10-6-4-2/h11-12H,3-10,13-14H2,1-2H3;2*10-11H,3-9,12-13H2,1-2H3;10-11H,3-9,12H2,1-2H3;9-10H,3-8,11-12H2,1-2H3;9-10H,3-8,11H2,1-2H3;8-9H,3-7,10-11H2,1-2H3. The van der Waals surface area contributed by atoms with Gasteiger partial charge in [-0.05, 0) is 162 Å². The molecule has 7 rings (SSSR count). The van der Waals surface area contributed by atoms with Crippen LogP contribution in [0.1, 0.15) is 378 Å². The number of hydrogen-bond acceptors (Lipinski definition) is 14. The Labute approximate surface area is 842 Å². The molecule has 0 fully saturated rings. The van der Waals surface area contributed by atoms with Gasteiger partial charge in [0.25, 0.3) is 0 Å². The first-order valence-electron chi connectivity index (χ1n) is 52.9. The van der Waals surface area contributed by atoms with Gasteiger partial charge in [0.05, 0.1) is 93.5 Å². The van der Waals surface area contributed by atoms with E-state index in [1.165, 1.54) is 202 Å². The van der Waals surface area contributed by atoms with Crippen LogP contribution in [0.4, 0.5) is 61.5 Å². The molecule has 0 saturated heterocycles. The van der Waals surface area contributed by atoms with Crippen LogP contribution in [0.5, 0.6) is 80.5 Å². The molecule has 0 spiro atoms. The zero-order valence-electron chi connectivity index (χ0n) is 88.1. The van der Waals surface area contributed by atoms with Crippen LogP contribution in [-0.2, 0) is 0 Å². The first-order valence-corrected chi connectivity index (χ1v) is 52.9. The summed E-state index contributed by atoms with van der Waals surface area (Å²) in [6.45, 7) is 29.8. The highest BCUT2D eigenvalue weighted by atomic mass is 19.2. The molecule has 0 unspecified atom stereocenters. The van der Waals surface area contributed by atoms with E-state index in [4.69, 9.17) is 66.3 Å². The van der Waals surface area contributed by atoms with Gasteiger partial charge in [0.1, 0.15) is 0 Å². The second-order valence-electron chi connectivity index (χ2n) is 34.4. The summed E-state index contributed by atoms with van der Waals surface area (Å²) in [6.07, 6.45) is 48.8. The molecule has 0 aliphatic rings. The minimum absolute atomic E-state index is 0.0334. The lowest BCUT2D eigenvalue weighted by Crippen LogP contribution is -2.04. The highest BCUT2D eigenvalue weighted by Gasteiger charge is 2.23. The summed E-state index contributed by atoms with van der Waals surface area (Å²) in [4.78, 5) is 0. The average Bonchev–Trinajstić information content (AvgIpc) is 0.868. The largest absolute Gasteiger partial charge is 0.494 e. The Kier molecular flexibility index (Phi) is 80.3. The van der Waals surface area contributed by atoms with Gasteiger partial charge in [-0.2, -0.15) is 61.5 Å². The van der Waals surface area contributed by atoms with Crippen molar-refractivity contribution in [3.8, 4) is 80.5 Å². The van der Waals surface area contributed by atoms with Crippen LogP contribution in [0, 0.1) is 81.4 Å². The summed E-state index contributed by atoms with van der Waals surface area (Å²) in [5.41, 5.74) is 0. The molecule has 0 heterocycles. The average molecular weight is 2030 g/mol. The molecule has 0 bridgehead atoms. The molecule has 0 amide bonds. The zero-order chi connectivity index (χ0) is 105. The van der Waals surface area contributed by atoms with E-state index in [1.54, 1.807) is 0 Å². The SMILES string of the molecule is CCCCCCCCCOc1ccc(OC)c(F)c1F.CCCCCCCCOc1ccc(OC)c(F)c1F.CCCCCCCCOc1ccc(OCCC)c(F)c1F.CCCCCCCCOc1ccc(OCCCC)c(F)c1F.CCCCCCCOc1ccc(OCCCC)c(F)c1F.CCCCCCOc1ccc(OCCCC)c(F)c1F.CCCCCOc1ccc(OCCCC)c(F)c1F. The molecule has 0 N–H and O–H groups in total. The van der Waals surface area contributed by atoms with Crippen molar-refractivity contribution in [2.24, 2.45) is 0 Å². The summed E-state index contributed by atoms with van der Waals surface area (Å²) in [5, 5.41) is 0. The van der Waals surface area contributed by atoms with E-state index in [9.17, 15) is 61.5 Å². The normalized spacial score (nSPS) is 10.6. The summed E-state index contributed by atoms with van der Waals surface area (Å²) in [7, 11) is 2.60. The van der Waals surface area contributed by atoms with Crippen molar-refractivity contribution < 1.29 is 128 Å². The number of halogens is 14. The third-order valence-corrected chi connectivity index (χ3v) is 22.0. The fourth-order valence-electron chi connectivity index (χ4n) is 13.3. The van der Waals surface area contributed by atoms with Gasteiger partial charge in [0.15, 0.2) is 80.5 Å². The van der Waals surface area contributed by atoms with Crippen molar-refractivity contribution in [2.75, 3.05) is 93.5 Å². The number of unbranched alkanes of at least 4 members (excludes halogenated alkanes) is 34. The Morgan fingerprint density at radius 3 is 0.359 bits per heavy atom. The fourth-order valence-corrected chi connectivity index (χ4v) is 13.3. The maximum Gasteiger partial charge on any atom is 0.204 e. The first-order chi connectivity index (χ1) is 68.9. The Bertz CT molecular complexity index is 4280. The highest BCUT2D eigenvalue weighted by Crippen LogP contribution is 2.36. The van der Waals surface area contributed by atoms with Crippen LogP contribution in [0.2, 0.25) is 0 Å². The van der Waals surface area contributed by atoms with Crippen molar-refractivity contribution in [3.05, 3.63) is 166 Å².